The Morgan fingerprint density at radius 2 is 1.08 bits per heavy atom. The van der Waals surface area contributed by atoms with Crippen molar-refractivity contribution in [2.24, 2.45) is 5.73 Å². The van der Waals surface area contributed by atoms with Crippen molar-refractivity contribution in [1.82, 2.24) is 0 Å². The first-order valence-corrected chi connectivity index (χ1v) is 24.9. The maximum absolute atomic E-state index is 12.7. The molecule has 3 atom stereocenters. The van der Waals surface area contributed by atoms with Gasteiger partial charge in [-0.15, -0.1) is 0 Å². The predicted octanol–water partition coefficient (Wildman–Crippen LogP) is 11.3. The maximum Gasteiger partial charge on any atom is 0.472 e. The van der Waals surface area contributed by atoms with E-state index in [1.54, 1.807) is 0 Å². The highest BCUT2D eigenvalue weighted by Gasteiger charge is 2.28. The van der Waals surface area contributed by atoms with Crippen LogP contribution >= 0.6 is 7.82 Å². The molecule has 0 bridgehead atoms. The first kappa shape index (κ1) is 54.2. The number of nitrogens with two attached hydrogens (primary N) is 1. The fourth-order valence-electron chi connectivity index (χ4n) is 7.20. The molecule has 3 unspecified atom stereocenters. The van der Waals surface area contributed by atoms with E-state index in [9.17, 15) is 23.8 Å². The van der Waals surface area contributed by atoms with E-state index in [2.05, 4.69) is 45.2 Å². The summed E-state index contributed by atoms with van der Waals surface area (Å²) < 4.78 is 45.2. The van der Waals surface area contributed by atoms with Crippen molar-refractivity contribution in [1.29, 1.82) is 0 Å². The number of rotatable bonds is 38. The zero-order chi connectivity index (χ0) is 44.9. The second kappa shape index (κ2) is 31.8. The number of unbranched alkanes of at least 4 members (excludes halogenated alkanes) is 16. The second-order valence-corrected chi connectivity index (χ2v) is 18.1. The molecule has 14 heteroatoms. The van der Waals surface area contributed by atoms with E-state index in [1.807, 2.05) is 0 Å². The molecule has 2 rings (SSSR count). The van der Waals surface area contributed by atoms with Crippen molar-refractivity contribution in [2.75, 3.05) is 19.8 Å². The molecule has 13 nitrogen and oxygen atoms in total. The molecule has 4 N–H and O–H groups in total. The highest BCUT2D eigenvalue weighted by atomic mass is 31.2. The molecule has 0 aromatic carbocycles. The van der Waals surface area contributed by atoms with Crippen LogP contribution < -0.4 is 5.73 Å². The smallest absolute Gasteiger partial charge is 0.472 e. The van der Waals surface area contributed by atoms with Gasteiger partial charge in [0.1, 0.15) is 35.7 Å². The molecule has 0 aliphatic rings. The number of hydrogen-bond donors (Lipinski definition) is 3. The lowest BCUT2D eigenvalue weighted by Gasteiger charge is -2.20. The Labute approximate surface area is 366 Å². The third-order valence-corrected chi connectivity index (χ3v) is 12.2. The molecule has 0 saturated heterocycles. The van der Waals surface area contributed by atoms with Crippen molar-refractivity contribution in [3.05, 3.63) is 45.8 Å². The largest absolute Gasteiger partial charge is 0.480 e. The van der Waals surface area contributed by atoms with Crippen LogP contribution in [0.1, 0.15) is 195 Å². The van der Waals surface area contributed by atoms with Gasteiger partial charge in [-0.05, 0) is 82.1 Å². The molecule has 0 spiro atoms. The van der Waals surface area contributed by atoms with Crippen LogP contribution in [-0.4, -0.2) is 59.9 Å². The Hall–Kier alpha value is -2.96. The van der Waals surface area contributed by atoms with Gasteiger partial charge in [-0.3, -0.25) is 23.4 Å². The van der Waals surface area contributed by atoms with Crippen molar-refractivity contribution in [3.8, 4) is 0 Å². The van der Waals surface area contributed by atoms with Gasteiger partial charge in [0.05, 0.1) is 13.2 Å². The first-order valence-electron chi connectivity index (χ1n) is 23.4. The Balaban J connectivity index is 1.66. The fourth-order valence-corrected chi connectivity index (χ4v) is 7.98. The number of phosphoric acid groups is 1. The van der Waals surface area contributed by atoms with E-state index in [1.165, 1.54) is 48.8 Å². The van der Waals surface area contributed by atoms with Crippen LogP contribution in [0, 0.1) is 20.8 Å². The number of aryl methyl sites for hydroxylation is 5. The third-order valence-electron chi connectivity index (χ3n) is 11.2. The summed E-state index contributed by atoms with van der Waals surface area (Å²) in [6.45, 7) is 9.12. The summed E-state index contributed by atoms with van der Waals surface area (Å²) >= 11 is 0. The van der Waals surface area contributed by atoms with Gasteiger partial charge in [0.25, 0.3) is 0 Å². The summed E-state index contributed by atoms with van der Waals surface area (Å²) in [5.41, 5.74) is 9.20. The number of phosphoric ester groups is 1. The van der Waals surface area contributed by atoms with Crippen molar-refractivity contribution in [3.63, 3.8) is 0 Å². The van der Waals surface area contributed by atoms with Gasteiger partial charge >= 0.3 is 25.7 Å². The molecule has 2 aromatic heterocycles. The summed E-state index contributed by atoms with van der Waals surface area (Å²) in [6.07, 6.45) is 24.0. The minimum atomic E-state index is -4.74. The van der Waals surface area contributed by atoms with E-state index in [-0.39, 0.29) is 19.4 Å². The van der Waals surface area contributed by atoms with Crippen molar-refractivity contribution < 1.29 is 56.3 Å². The van der Waals surface area contributed by atoms with Gasteiger partial charge in [0.15, 0.2) is 6.10 Å². The van der Waals surface area contributed by atoms with E-state index in [4.69, 9.17) is 33.7 Å². The van der Waals surface area contributed by atoms with Crippen LogP contribution in [0.5, 0.6) is 0 Å². The van der Waals surface area contributed by atoms with Gasteiger partial charge in [-0.2, -0.15) is 0 Å². The van der Waals surface area contributed by atoms with Gasteiger partial charge in [0, 0.05) is 38.5 Å². The predicted molar refractivity (Wildman–Crippen MR) is 238 cm³/mol. The molecule has 0 fully saturated rings. The summed E-state index contributed by atoms with van der Waals surface area (Å²) in [5, 5.41) is 8.93. The van der Waals surface area contributed by atoms with Gasteiger partial charge < -0.3 is 34.0 Å². The van der Waals surface area contributed by atoms with Crippen LogP contribution in [0.25, 0.3) is 0 Å². The summed E-state index contributed by atoms with van der Waals surface area (Å²) in [4.78, 5) is 46.3. The fraction of sp³-hybridized carbons (Fsp3) is 0.766. The normalized spacial score (nSPS) is 13.6. The minimum Gasteiger partial charge on any atom is -0.480 e. The minimum absolute atomic E-state index is 0.134. The number of carboxylic acid groups (broad SMARTS) is 1. The van der Waals surface area contributed by atoms with Crippen LogP contribution in [0.15, 0.2) is 14.9 Å². The van der Waals surface area contributed by atoms with E-state index in [0.717, 1.165) is 132 Å². The van der Waals surface area contributed by atoms with E-state index >= 15 is 0 Å². The van der Waals surface area contributed by atoms with Crippen molar-refractivity contribution in [2.45, 2.75) is 214 Å². The number of carboxylic acids is 1. The molecule has 0 amide bonds. The van der Waals surface area contributed by atoms with Gasteiger partial charge in [0.2, 0.25) is 0 Å². The Kier molecular flexibility index (Phi) is 28.3. The van der Waals surface area contributed by atoms with E-state index < -0.39 is 51.1 Å². The summed E-state index contributed by atoms with van der Waals surface area (Å²) in [5.74, 6) is 2.03. The number of hydrogen-bond acceptors (Lipinski definition) is 11. The zero-order valence-electron chi connectivity index (χ0n) is 38.2. The highest BCUT2D eigenvalue weighted by molar-refractivity contribution is 7.47. The van der Waals surface area contributed by atoms with Gasteiger partial charge in [-0.1, -0.05) is 104 Å². The molecule has 0 aliphatic carbocycles. The Bertz CT molecular complexity index is 1570. The average Bonchev–Trinajstić information content (AvgIpc) is 3.72. The summed E-state index contributed by atoms with van der Waals surface area (Å²) in [7, 11) is -4.74. The molecule has 2 aromatic rings. The topological polar surface area (TPSA) is 198 Å². The molecule has 0 aliphatic heterocycles. The quantitative estimate of drug-likeness (QED) is 0.0327. The monoisotopic (exact) mass is 882 g/mol. The lowest BCUT2D eigenvalue weighted by Crippen LogP contribution is -2.34. The standard InChI is InChI=1S/C47H80NO12P/c1-6-8-20-26-39-32-36(3)42(58-39)27-22-16-14-15-18-24-30-45(49)55-33-40(34-56-61(53,54)57-35-41(48)47(51)52)59-46(50)31-25-19-13-11-10-12-17-23-29-44-38(5)37(4)43(60-44)28-21-9-7-2/h32,40-41H,6-31,33-35,48H2,1-5H3,(H,51,52)(H,53,54). The van der Waals surface area contributed by atoms with Crippen LogP contribution in [0.2, 0.25) is 0 Å². The van der Waals surface area contributed by atoms with Crippen LogP contribution in [0.3, 0.4) is 0 Å². The maximum atomic E-state index is 12.7. The SMILES string of the molecule is CCCCCc1cc(C)c(CCCCCCCCC(=O)OCC(COP(=O)(O)OCC(N)C(=O)O)OC(=O)CCCCCCCCCCc2oc(CCCCC)c(C)c2C)o1. The molecular weight excluding hydrogens is 801 g/mol. The molecular formula is C47H80NO12P. The van der Waals surface area contributed by atoms with E-state index in [0.29, 0.717) is 12.8 Å². The van der Waals surface area contributed by atoms with Gasteiger partial charge in [-0.25, -0.2) is 4.57 Å². The zero-order valence-corrected chi connectivity index (χ0v) is 39.1. The molecule has 0 radical (unpaired) electrons. The van der Waals surface area contributed by atoms with Crippen LogP contribution in [0.4, 0.5) is 0 Å². The molecule has 0 saturated carbocycles. The summed E-state index contributed by atoms with van der Waals surface area (Å²) in [6, 6.07) is 0.637. The first-order chi connectivity index (χ1) is 29.3. The van der Waals surface area contributed by atoms with Crippen molar-refractivity contribution >= 4 is 25.7 Å². The molecule has 61 heavy (non-hydrogen) atoms. The van der Waals surface area contributed by atoms with Crippen LogP contribution in [-0.2, 0) is 63.2 Å². The number of esters is 2. The number of aliphatic carboxylic acids is 1. The lowest BCUT2D eigenvalue weighted by atomic mass is 10.0. The number of ether oxygens (including phenoxy) is 2. The highest BCUT2D eigenvalue weighted by Crippen LogP contribution is 2.43. The molecule has 350 valence electrons. The lowest BCUT2D eigenvalue weighted by molar-refractivity contribution is -0.161. The Morgan fingerprint density at radius 3 is 1.62 bits per heavy atom. The Morgan fingerprint density at radius 1 is 0.623 bits per heavy atom. The number of carbonyl (C=O) groups excluding carboxylic acids is 2. The molecule has 2 heterocycles. The number of carbonyl (C=O) groups is 3. The number of furan rings is 2. The average molecular weight is 882 g/mol. The third kappa shape index (κ3) is 24.5. The second-order valence-electron chi connectivity index (χ2n) is 16.7.